The maximum absolute atomic E-state index is 12.0. The zero-order chi connectivity index (χ0) is 18.9. The number of nitrogens with one attached hydrogen (secondary N) is 1. The lowest BCUT2D eigenvalue weighted by Crippen LogP contribution is -2.42. The van der Waals surface area contributed by atoms with Crippen molar-refractivity contribution in [3.05, 3.63) is 64.7 Å². The summed E-state index contributed by atoms with van der Waals surface area (Å²) in [5.74, 6) is 0.520. The van der Waals surface area contributed by atoms with Crippen LogP contribution in [0.25, 0.3) is 0 Å². The Bertz CT molecular complexity index is 792. The summed E-state index contributed by atoms with van der Waals surface area (Å²) in [6, 6.07) is 15.1. The summed E-state index contributed by atoms with van der Waals surface area (Å²) in [6.07, 6.45) is 1.58. The molecular formula is C20H22ClN3O3. The summed E-state index contributed by atoms with van der Waals surface area (Å²) in [5, 5.41) is 4.72. The minimum atomic E-state index is -0.150. The van der Waals surface area contributed by atoms with Gasteiger partial charge in [0, 0.05) is 29.2 Å². The summed E-state index contributed by atoms with van der Waals surface area (Å²) >= 11 is 6.16. The molecule has 1 aliphatic rings. The first-order valence-electron chi connectivity index (χ1n) is 8.79. The Hall–Kier alpha value is -2.41. The predicted molar refractivity (Wildman–Crippen MR) is 105 cm³/mol. The molecule has 0 saturated carbocycles. The molecule has 1 saturated heterocycles. The van der Waals surface area contributed by atoms with E-state index in [2.05, 4.69) is 10.5 Å². The zero-order valence-corrected chi connectivity index (χ0v) is 15.7. The third-order valence-corrected chi connectivity index (χ3v) is 4.49. The molecule has 0 radical (unpaired) electrons. The van der Waals surface area contributed by atoms with Crippen LogP contribution in [0, 0.1) is 0 Å². The molecule has 0 unspecified atom stereocenters. The number of hydrogen-bond donors (Lipinski definition) is 1. The van der Waals surface area contributed by atoms with Crippen molar-refractivity contribution in [3.8, 4) is 5.75 Å². The van der Waals surface area contributed by atoms with Gasteiger partial charge in [0.25, 0.3) is 5.91 Å². The average molecular weight is 388 g/mol. The average Bonchev–Trinajstić information content (AvgIpc) is 2.69. The van der Waals surface area contributed by atoms with E-state index in [0.29, 0.717) is 37.1 Å². The van der Waals surface area contributed by atoms with Crippen LogP contribution < -0.4 is 10.2 Å². The number of carbonyl (C=O) groups is 1. The van der Waals surface area contributed by atoms with Crippen molar-refractivity contribution in [1.29, 1.82) is 0 Å². The van der Waals surface area contributed by atoms with Crippen molar-refractivity contribution in [3.63, 3.8) is 0 Å². The molecule has 0 aromatic heterocycles. The highest BCUT2D eigenvalue weighted by Gasteiger charge is 2.13. The number of para-hydroxylation sites is 1. The van der Waals surface area contributed by atoms with Crippen molar-refractivity contribution in [2.75, 3.05) is 32.8 Å². The number of hydrazone groups is 1. The molecule has 0 bridgehead atoms. The Morgan fingerprint density at radius 1 is 1.19 bits per heavy atom. The maximum Gasteiger partial charge on any atom is 0.254 e. The molecule has 1 heterocycles. The molecule has 1 amide bonds. The Morgan fingerprint density at radius 2 is 1.93 bits per heavy atom. The van der Waals surface area contributed by atoms with Crippen LogP contribution in [0.5, 0.6) is 5.75 Å². The predicted octanol–water partition coefficient (Wildman–Crippen LogP) is 2.70. The second kappa shape index (κ2) is 10.1. The first-order valence-corrected chi connectivity index (χ1v) is 9.17. The van der Waals surface area contributed by atoms with E-state index in [0.717, 1.165) is 24.2 Å². The van der Waals surface area contributed by atoms with E-state index in [9.17, 15) is 4.79 Å². The number of benzene rings is 2. The second-order valence-electron chi connectivity index (χ2n) is 6.10. The van der Waals surface area contributed by atoms with E-state index in [-0.39, 0.29) is 5.91 Å². The third kappa shape index (κ3) is 6.06. The fraction of sp³-hybridized carbons (Fsp3) is 0.300. The first-order chi connectivity index (χ1) is 13.2. The number of nitrogens with zero attached hydrogens (tertiary/aromatic N) is 2. The van der Waals surface area contributed by atoms with Crippen LogP contribution in [0.15, 0.2) is 53.6 Å². The molecular weight excluding hydrogens is 366 g/mol. The van der Waals surface area contributed by atoms with Gasteiger partial charge in [-0.3, -0.25) is 9.69 Å². The third-order valence-electron chi connectivity index (χ3n) is 4.12. The molecule has 7 heteroatoms. The number of carbonyl (C=O) groups excluding carboxylic acids is 1. The van der Waals surface area contributed by atoms with Crippen molar-refractivity contribution >= 4 is 23.7 Å². The fourth-order valence-corrected chi connectivity index (χ4v) is 2.85. The Labute approximate surface area is 163 Å². The molecule has 6 nitrogen and oxygen atoms in total. The molecule has 1 aliphatic heterocycles. The van der Waals surface area contributed by atoms with Crippen molar-refractivity contribution < 1.29 is 14.3 Å². The van der Waals surface area contributed by atoms with Gasteiger partial charge >= 0.3 is 0 Å². The summed E-state index contributed by atoms with van der Waals surface area (Å²) in [4.78, 5) is 14.0. The Balaban J connectivity index is 1.54. The van der Waals surface area contributed by atoms with Gasteiger partial charge in [0.15, 0.2) is 0 Å². The molecule has 1 N–H and O–H groups in total. The van der Waals surface area contributed by atoms with Crippen LogP contribution in [0.4, 0.5) is 0 Å². The van der Waals surface area contributed by atoms with E-state index < -0.39 is 0 Å². The van der Waals surface area contributed by atoms with Crippen molar-refractivity contribution in [2.24, 2.45) is 5.10 Å². The smallest absolute Gasteiger partial charge is 0.254 e. The van der Waals surface area contributed by atoms with Crippen molar-refractivity contribution in [2.45, 2.75) is 6.61 Å². The molecule has 3 rings (SSSR count). The minimum Gasteiger partial charge on any atom is -0.488 e. The molecule has 0 atom stereocenters. The van der Waals surface area contributed by atoms with E-state index in [1.807, 2.05) is 53.4 Å². The van der Waals surface area contributed by atoms with Crippen LogP contribution in [-0.2, 0) is 16.1 Å². The van der Waals surface area contributed by atoms with E-state index in [1.54, 1.807) is 6.21 Å². The van der Waals surface area contributed by atoms with Crippen LogP contribution >= 0.6 is 11.6 Å². The molecule has 0 spiro atoms. The highest BCUT2D eigenvalue weighted by Crippen LogP contribution is 2.20. The lowest BCUT2D eigenvalue weighted by Gasteiger charge is -2.25. The summed E-state index contributed by atoms with van der Waals surface area (Å²) in [6.45, 7) is 3.50. The molecule has 142 valence electrons. The largest absolute Gasteiger partial charge is 0.488 e. The standard InChI is InChI=1S/C20H22ClN3O3/c21-18-7-3-1-6-17(18)15-27-19-8-4-2-5-16(19)13-22-23-20(25)14-24-9-11-26-12-10-24/h1-8,13H,9-12,14-15H2,(H,23,25)/b22-13-. The van der Waals surface area contributed by atoms with Gasteiger partial charge < -0.3 is 9.47 Å². The summed E-state index contributed by atoms with van der Waals surface area (Å²) < 4.78 is 11.1. The topological polar surface area (TPSA) is 63.2 Å². The highest BCUT2D eigenvalue weighted by molar-refractivity contribution is 6.31. The maximum atomic E-state index is 12.0. The highest BCUT2D eigenvalue weighted by atomic mass is 35.5. The Morgan fingerprint density at radius 3 is 2.74 bits per heavy atom. The van der Waals surface area contributed by atoms with Gasteiger partial charge in [0.05, 0.1) is 26.0 Å². The van der Waals surface area contributed by atoms with Gasteiger partial charge in [0.2, 0.25) is 0 Å². The van der Waals surface area contributed by atoms with Gasteiger partial charge in [-0.1, -0.05) is 41.9 Å². The number of morpholine rings is 1. The second-order valence-corrected chi connectivity index (χ2v) is 6.51. The van der Waals surface area contributed by atoms with Gasteiger partial charge in [0.1, 0.15) is 12.4 Å². The van der Waals surface area contributed by atoms with E-state index >= 15 is 0 Å². The van der Waals surface area contributed by atoms with Crippen LogP contribution in [0.3, 0.4) is 0 Å². The van der Waals surface area contributed by atoms with Crippen molar-refractivity contribution in [1.82, 2.24) is 10.3 Å². The van der Waals surface area contributed by atoms with Gasteiger partial charge in [-0.25, -0.2) is 5.43 Å². The van der Waals surface area contributed by atoms with E-state index in [4.69, 9.17) is 21.1 Å². The molecule has 1 fully saturated rings. The van der Waals surface area contributed by atoms with E-state index in [1.165, 1.54) is 0 Å². The number of ether oxygens (including phenoxy) is 2. The Kier molecular flexibility index (Phi) is 7.21. The number of rotatable bonds is 7. The number of hydrogen-bond acceptors (Lipinski definition) is 5. The van der Waals surface area contributed by atoms with Gasteiger partial charge in [-0.2, -0.15) is 5.10 Å². The molecule has 27 heavy (non-hydrogen) atoms. The number of amides is 1. The molecule has 2 aromatic carbocycles. The number of halogens is 1. The van der Waals surface area contributed by atoms with Crippen LogP contribution in [-0.4, -0.2) is 49.9 Å². The van der Waals surface area contributed by atoms with Gasteiger partial charge in [-0.15, -0.1) is 0 Å². The lowest BCUT2D eigenvalue weighted by molar-refractivity contribution is -0.123. The lowest BCUT2D eigenvalue weighted by atomic mass is 10.2. The SMILES string of the molecule is O=C(CN1CCOCC1)N/N=C\c1ccccc1OCc1ccccc1Cl. The summed E-state index contributed by atoms with van der Waals surface area (Å²) in [7, 11) is 0. The monoisotopic (exact) mass is 387 g/mol. The van der Waals surface area contributed by atoms with Gasteiger partial charge in [-0.05, 0) is 18.2 Å². The molecule has 2 aromatic rings. The minimum absolute atomic E-state index is 0.150. The quantitative estimate of drug-likeness (QED) is 0.586. The van der Waals surface area contributed by atoms with Crippen LogP contribution in [0.1, 0.15) is 11.1 Å². The van der Waals surface area contributed by atoms with Crippen LogP contribution in [0.2, 0.25) is 5.02 Å². The normalized spacial score (nSPS) is 15.0. The molecule has 0 aliphatic carbocycles. The summed E-state index contributed by atoms with van der Waals surface area (Å²) in [5.41, 5.74) is 4.24. The first kappa shape index (κ1) is 19.4. The zero-order valence-electron chi connectivity index (χ0n) is 14.9. The fourth-order valence-electron chi connectivity index (χ4n) is 2.66.